The molecule has 1 fully saturated rings. The molecule has 1 aliphatic carbocycles. The van der Waals surface area contributed by atoms with Crippen molar-refractivity contribution in [1.82, 2.24) is 5.32 Å². The van der Waals surface area contributed by atoms with Crippen LogP contribution in [0.2, 0.25) is 0 Å². The summed E-state index contributed by atoms with van der Waals surface area (Å²) in [4.78, 5) is 0. The Kier molecular flexibility index (Phi) is 5.49. The molecule has 14 heavy (non-hydrogen) atoms. The molecule has 0 radical (unpaired) electrons. The van der Waals surface area contributed by atoms with Crippen LogP contribution in [0.3, 0.4) is 0 Å². The van der Waals surface area contributed by atoms with Crippen LogP contribution in [0.4, 0.5) is 0 Å². The van der Waals surface area contributed by atoms with E-state index in [9.17, 15) is 5.11 Å². The molecule has 1 rings (SSSR count). The highest BCUT2D eigenvalue weighted by molar-refractivity contribution is 4.77. The van der Waals surface area contributed by atoms with Crippen LogP contribution in [0.25, 0.3) is 0 Å². The summed E-state index contributed by atoms with van der Waals surface area (Å²) in [7, 11) is 0. The fraction of sp³-hybridized carbons (Fsp3) is 1.00. The van der Waals surface area contributed by atoms with E-state index < -0.39 is 0 Å². The van der Waals surface area contributed by atoms with Gasteiger partial charge < -0.3 is 10.4 Å². The molecule has 0 aromatic carbocycles. The first kappa shape index (κ1) is 12.0. The Morgan fingerprint density at radius 2 is 1.86 bits per heavy atom. The van der Waals surface area contributed by atoms with Gasteiger partial charge in [0.2, 0.25) is 0 Å². The Hall–Kier alpha value is -0.0800. The first-order valence-corrected chi connectivity index (χ1v) is 6.09. The quantitative estimate of drug-likeness (QED) is 0.712. The molecule has 1 saturated carbocycles. The van der Waals surface area contributed by atoms with E-state index in [0.717, 1.165) is 6.42 Å². The van der Waals surface area contributed by atoms with E-state index in [1.54, 1.807) is 0 Å². The van der Waals surface area contributed by atoms with E-state index in [1.165, 1.54) is 32.1 Å². The number of aliphatic hydroxyl groups excluding tert-OH is 1. The Morgan fingerprint density at radius 3 is 2.36 bits per heavy atom. The molecule has 2 heteroatoms. The lowest BCUT2D eigenvalue weighted by atomic mass is 9.94. The van der Waals surface area contributed by atoms with Crippen LogP contribution in [0.1, 0.15) is 52.4 Å². The third kappa shape index (κ3) is 4.43. The molecule has 0 unspecified atom stereocenters. The summed E-state index contributed by atoms with van der Waals surface area (Å²) in [5.41, 5.74) is 0. The van der Waals surface area contributed by atoms with Crippen LogP contribution in [0.5, 0.6) is 0 Å². The zero-order valence-electron chi connectivity index (χ0n) is 9.63. The summed E-state index contributed by atoms with van der Waals surface area (Å²) in [6.07, 6.45) is 7.80. The molecule has 84 valence electrons. The third-order valence-corrected chi connectivity index (χ3v) is 3.05. The Labute approximate surface area is 88.1 Å². The van der Waals surface area contributed by atoms with Gasteiger partial charge in [0.05, 0.1) is 6.61 Å². The molecule has 1 atom stereocenters. The summed E-state index contributed by atoms with van der Waals surface area (Å²) in [6, 6.07) is 0.984. The predicted molar refractivity (Wildman–Crippen MR) is 60.3 cm³/mol. The fourth-order valence-corrected chi connectivity index (χ4v) is 2.37. The van der Waals surface area contributed by atoms with Crippen molar-refractivity contribution >= 4 is 0 Å². The third-order valence-electron chi connectivity index (χ3n) is 3.05. The summed E-state index contributed by atoms with van der Waals surface area (Å²) < 4.78 is 0. The number of hydrogen-bond acceptors (Lipinski definition) is 2. The first-order chi connectivity index (χ1) is 6.72. The predicted octanol–water partition coefficient (Wildman–Crippen LogP) is 2.32. The largest absolute Gasteiger partial charge is 0.395 e. The Balaban J connectivity index is 2.23. The molecule has 0 heterocycles. The summed E-state index contributed by atoms with van der Waals surface area (Å²) in [5, 5.41) is 12.8. The van der Waals surface area contributed by atoms with Gasteiger partial charge in [-0.25, -0.2) is 0 Å². The Bertz CT molecular complexity index is 141. The minimum absolute atomic E-state index is 0.286. The SMILES string of the molecule is CC(C)C[C@H](CO)NC1CCCCC1. The highest BCUT2D eigenvalue weighted by Gasteiger charge is 2.17. The van der Waals surface area contributed by atoms with Crippen molar-refractivity contribution in [2.75, 3.05) is 6.61 Å². The Morgan fingerprint density at radius 1 is 1.21 bits per heavy atom. The van der Waals surface area contributed by atoms with Gasteiger partial charge in [-0.3, -0.25) is 0 Å². The zero-order chi connectivity index (χ0) is 10.4. The summed E-state index contributed by atoms with van der Waals surface area (Å²) in [5.74, 6) is 0.670. The highest BCUT2D eigenvalue weighted by atomic mass is 16.3. The zero-order valence-corrected chi connectivity index (χ0v) is 9.63. The van der Waals surface area contributed by atoms with Gasteiger partial charge in [-0.15, -0.1) is 0 Å². The van der Waals surface area contributed by atoms with Crippen LogP contribution in [-0.2, 0) is 0 Å². The fourth-order valence-electron chi connectivity index (χ4n) is 2.37. The lowest BCUT2D eigenvalue weighted by molar-refractivity contribution is 0.201. The normalized spacial score (nSPS) is 21.4. The molecule has 0 aromatic rings. The van der Waals surface area contributed by atoms with Crippen molar-refractivity contribution in [2.45, 2.75) is 64.5 Å². The second-order valence-corrected chi connectivity index (χ2v) is 5.01. The van der Waals surface area contributed by atoms with Crippen LogP contribution in [-0.4, -0.2) is 23.8 Å². The summed E-state index contributed by atoms with van der Waals surface area (Å²) >= 11 is 0. The average molecular weight is 199 g/mol. The molecule has 2 nitrogen and oxygen atoms in total. The minimum Gasteiger partial charge on any atom is -0.395 e. The van der Waals surface area contributed by atoms with Crippen molar-refractivity contribution in [1.29, 1.82) is 0 Å². The maximum Gasteiger partial charge on any atom is 0.0584 e. The van der Waals surface area contributed by atoms with E-state index in [1.807, 2.05) is 0 Å². The molecule has 2 N–H and O–H groups in total. The maximum atomic E-state index is 9.24. The van der Waals surface area contributed by atoms with Gasteiger partial charge in [0.1, 0.15) is 0 Å². The van der Waals surface area contributed by atoms with Crippen LogP contribution in [0.15, 0.2) is 0 Å². The molecular formula is C12H25NO. The molecule has 0 saturated heterocycles. The molecule has 0 spiro atoms. The lowest BCUT2D eigenvalue weighted by Gasteiger charge is -2.28. The van der Waals surface area contributed by atoms with Gasteiger partial charge in [0.25, 0.3) is 0 Å². The van der Waals surface area contributed by atoms with Crippen LogP contribution in [0, 0.1) is 5.92 Å². The van der Waals surface area contributed by atoms with Gasteiger partial charge in [-0.2, -0.15) is 0 Å². The van der Waals surface area contributed by atoms with E-state index in [4.69, 9.17) is 0 Å². The second kappa shape index (κ2) is 6.41. The van der Waals surface area contributed by atoms with Crippen molar-refractivity contribution in [3.63, 3.8) is 0 Å². The topological polar surface area (TPSA) is 32.3 Å². The molecular weight excluding hydrogens is 174 g/mol. The van der Waals surface area contributed by atoms with E-state index >= 15 is 0 Å². The molecule has 0 bridgehead atoms. The van der Waals surface area contributed by atoms with E-state index in [-0.39, 0.29) is 6.61 Å². The number of nitrogens with one attached hydrogen (secondary N) is 1. The smallest absolute Gasteiger partial charge is 0.0584 e. The van der Waals surface area contributed by atoms with Crippen LogP contribution >= 0.6 is 0 Å². The minimum atomic E-state index is 0.286. The standard InChI is InChI=1S/C12H25NO/c1-10(2)8-12(9-14)13-11-6-4-3-5-7-11/h10-14H,3-9H2,1-2H3/t12-/m1/s1. The highest BCUT2D eigenvalue weighted by Crippen LogP contribution is 2.18. The van der Waals surface area contributed by atoms with Gasteiger partial charge in [-0.1, -0.05) is 33.1 Å². The molecule has 0 aliphatic heterocycles. The molecule has 1 aliphatic rings. The van der Waals surface area contributed by atoms with E-state index in [2.05, 4.69) is 19.2 Å². The number of aliphatic hydroxyl groups is 1. The van der Waals surface area contributed by atoms with Crippen LogP contribution < -0.4 is 5.32 Å². The van der Waals surface area contributed by atoms with Gasteiger partial charge in [0, 0.05) is 12.1 Å². The average Bonchev–Trinajstić information content (AvgIpc) is 2.17. The molecule has 0 aromatic heterocycles. The monoisotopic (exact) mass is 199 g/mol. The van der Waals surface area contributed by atoms with E-state index in [0.29, 0.717) is 18.0 Å². The van der Waals surface area contributed by atoms with Gasteiger partial charge in [-0.05, 0) is 25.2 Å². The number of rotatable bonds is 5. The first-order valence-electron chi connectivity index (χ1n) is 6.09. The number of hydrogen-bond donors (Lipinski definition) is 2. The van der Waals surface area contributed by atoms with Crippen molar-refractivity contribution in [2.24, 2.45) is 5.92 Å². The summed E-state index contributed by atoms with van der Waals surface area (Å²) in [6.45, 7) is 4.71. The van der Waals surface area contributed by atoms with Crippen molar-refractivity contribution in [3.05, 3.63) is 0 Å². The molecule has 0 amide bonds. The van der Waals surface area contributed by atoms with Crippen molar-refractivity contribution < 1.29 is 5.11 Å². The van der Waals surface area contributed by atoms with Gasteiger partial charge in [0.15, 0.2) is 0 Å². The lowest BCUT2D eigenvalue weighted by Crippen LogP contribution is -2.42. The van der Waals surface area contributed by atoms with Crippen molar-refractivity contribution in [3.8, 4) is 0 Å². The van der Waals surface area contributed by atoms with Gasteiger partial charge >= 0.3 is 0 Å². The second-order valence-electron chi connectivity index (χ2n) is 5.01. The maximum absolute atomic E-state index is 9.24.